The fourth-order valence-electron chi connectivity index (χ4n) is 3.90. The Bertz CT molecular complexity index is 888. The molecule has 2 fully saturated rings. The summed E-state index contributed by atoms with van der Waals surface area (Å²) in [6, 6.07) is 8.82. The van der Waals surface area contributed by atoms with Gasteiger partial charge in [-0.1, -0.05) is 19.3 Å². The van der Waals surface area contributed by atoms with Gasteiger partial charge in [-0.05, 0) is 37.1 Å². The third-order valence-corrected chi connectivity index (χ3v) is 5.32. The largest absolute Gasteiger partial charge is 0.419 e. The molecule has 4 rings (SSSR count). The highest BCUT2D eigenvalue weighted by molar-refractivity contribution is 6.05. The number of hydrogen-bond acceptors (Lipinski definition) is 6. The zero-order chi connectivity index (χ0) is 18.1. The van der Waals surface area contributed by atoms with Crippen LogP contribution in [-0.4, -0.2) is 26.9 Å². The number of carbonyl (C=O) groups is 2. The van der Waals surface area contributed by atoms with Crippen LogP contribution in [-0.2, 0) is 16.1 Å². The minimum atomic E-state index is -0.509. The van der Waals surface area contributed by atoms with Crippen molar-refractivity contribution in [3.8, 4) is 17.5 Å². The average Bonchev–Trinajstić information content (AvgIpc) is 3.22. The smallest absolute Gasteiger partial charge is 0.247 e. The average molecular weight is 350 g/mol. The van der Waals surface area contributed by atoms with Crippen LogP contribution < -0.4 is 0 Å². The molecule has 1 saturated carbocycles. The highest BCUT2D eigenvalue weighted by atomic mass is 16.4. The Morgan fingerprint density at radius 3 is 2.54 bits per heavy atom. The van der Waals surface area contributed by atoms with Crippen molar-refractivity contribution < 1.29 is 14.0 Å². The lowest BCUT2D eigenvalue weighted by Gasteiger charge is -2.30. The van der Waals surface area contributed by atoms with Crippen LogP contribution in [0.4, 0.5) is 0 Å². The number of carbonyl (C=O) groups excluding carboxylic acids is 2. The molecule has 1 saturated heterocycles. The molecule has 0 unspecified atom stereocenters. The Morgan fingerprint density at radius 1 is 1.12 bits per heavy atom. The summed E-state index contributed by atoms with van der Waals surface area (Å²) < 4.78 is 5.63. The van der Waals surface area contributed by atoms with E-state index < -0.39 is 5.41 Å². The van der Waals surface area contributed by atoms with E-state index in [0.717, 1.165) is 32.1 Å². The van der Waals surface area contributed by atoms with Gasteiger partial charge in [-0.3, -0.25) is 14.5 Å². The molecule has 7 heteroatoms. The van der Waals surface area contributed by atoms with E-state index in [-0.39, 0.29) is 24.2 Å². The standard InChI is InChI=1S/C19H18N4O3/c20-11-13-4-6-14(7-5-13)17-22-21-15(26-17)12-23-16(24)10-19(18(23)25)8-2-1-3-9-19/h4-7H,1-3,8-10,12H2. The van der Waals surface area contributed by atoms with Gasteiger partial charge >= 0.3 is 0 Å². The summed E-state index contributed by atoms with van der Waals surface area (Å²) >= 11 is 0. The van der Waals surface area contributed by atoms with Crippen LogP contribution >= 0.6 is 0 Å². The van der Waals surface area contributed by atoms with E-state index in [1.807, 2.05) is 6.07 Å². The molecule has 1 aliphatic heterocycles. The van der Waals surface area contributed by atoms with Crippen molar-refractivity contribution >= 4 is 11.8 Å². The summed E-state index contributed by atoms with van der Waals surface area (Å²) in [5, 5.41) is 16.8. The molecule has 0 N–H and O–H groups in total. The number of benzene rings is 1. The van der Waals surface area contributed by atoms with Crippen molar-refractivity contribution in [3.63, 3.8) is 0 Å². The van der Waals surface area contributed by atoms with Crippen LogP contribution in [0.5, 0.6) is 0 Å². The van der Waals surface area contributed by atoms with Crippen molar-refractivity contribution in [1.29, 1.82) is 5.26 Å². The lowest BCUT2D eigenvalue weighted by Crippen LogP contribution is -2.36. The van der Waals surface area contributed by atoms with E-state index in [9.17, 15) is 9.59 Å². The molecule has 1 aromatic heterocycles. The molecule has 2 aromatic rings. The second-order valence-corrected chi connectivity index (χ2v) is 6.99. The SMILES string of the molecule is N#Cc1ccc(-c2nnc(CN3C(=O)CC4(CCCCC4)C3=O)o2)cc1. The molecule has 7 nitrogen and oxygen atoms in total. The van der Waals surface area contributed by atoms with Gasteiger partial charge in [0.05, 0.1) is 17.0 Å². The van der Waals surface area contributed by atoms with Crippen LogP contribution in [0.2, 0.25) is 0 Å². The summed E-state index contributed by atoms with van der Waals surface area (Å²) in [7, 11) is 0. The number of nitrogens with zero attached hydrogens (tertiary/aromatic N) is 4. The van der Waals surface area contributed by atoms with Crippen LogP contribution in [0.1, 0.15) is 50.0 Å². The van der Waals surface area contributed by atoms with E-state index in [0.29, 0.717) is 23.4 Å². The van der Waals surface area contributed by atoms with Crippen molar-refractivity contribution in [3.05, 3.63) is 35.7 Å². The molecule has 1 aromatic carbocycles. The first-order valence-electron chi connectivity index (χ1n) is 8.79. The van der Waals surface area contributed by atoms with Gasteiger partial charge in [-0.25, -0.2) is 0 Å². The fraction of sp³-hybridized carbons (Fsp3) is 0.421. The van der Waals surface area contributed by atoms with E-state index in [4.69, 9.17) is 9.68 Å². The zero-order valence-electron chi connectivity index (χ0n) is 14.3. The van der Waals surface area contributed by atoms with E-state index in [1.54, 1.807) is 24.3 Å². The molecule has 132 valence electrons. The second-order valence-electron chi connectivity index (χ2n) is 6.99. The topological polar surface area (TPSA) is 100 Å². The predicted molar refractivity (Wildman–Crippen MR) is 90.1 cm³/mol. The predicted octanol–water partition coefficient (Wildman–Crippen LogP) is 2.82. The van der Waals surface area contributed by atoms with Gasteiger partial charge in [0.15, 0.2) is 0 Å². The highest BCUT2D eigenvalue weighted by Crippen LogP contribution is 2.45. The third kappa shape index (κ3) is 2.77. The highest BCUT2D eigenvalue weighted by Gasteiger charge is 2.51. The van der Waals surface area contributed by atoms with Gasteiger partial charge in [-0.15, -0.1) is 10.2 Å². The molecule has 1 aliphatic carbocycles. The fourth-order valence-corrected chi connectivity index (χ4v) is 3.90. The van der Waals surface area contributed by atoms with Crippen LogP contribution in [0.25, 0.3) is 11.5 Å². The maximum Gasteiger partial charge on any atom is 0.247 e. The Labute approximate surface area is 150 Å². The maximum absolute atomic E-state index is 12.8. The lowest BCUT2D eigenvalue weighted by atomic mass is 9.73. The number of nitriles is 1. The zero-order valence-corrected chi connectivity index (χ0v) is 14.3. The van der Waals surface area contributed by atoms with E-state index in [1.165, 1.54) is 4.90 Å². The second kappa shape index (κ2) is 6.37. The van der Waals surface area contributed by atoms with Crippen LogP contribution in [0.3, 0.4) is 0 Å². The van der Waals surface area contributed by atoms with Gasteiger partial charge in [0.1, 0.15) is 6.54 Å². The number of amides is 2. The Hall–Kier alpha value is -3.01. The van der Waals surface area contributed by atoms with Gasteiger partial charge < -0.3 is 4.42 Å². The first-order chi connectivity index (χ1) is 12.6. The van der Waals surface area contributed by atoms with Crippen LogP contribution in [0, 0.1) is 16.7 Å². The number of hydrogen-bond donors (Lipinski definition) is 0. The molecule has 26 heavy (non-hydrogen) atoms. The maximum atomic E-state index is 12.8. The number of aromatic nitrogens is 2. The molecular formula is C19H18N4O3. The van der Waals surface area contributed by atoms with Gasteiger partial charge in [0.2, 0.25) is 23.6 Å². The van der Waals surface area contributed by atoms with Crippen LogP contribution in [0.15, 0.2) is 28.7 Å². The molecule has 0 bridgehead atoms. The van der Waals surface area contributed by atoms with Gasteiger partial charge in [0, 0.05) is 12.0 Å². The molecule has 2 heterocycles. The number of likely N-dealkylation sites (tertiary alicyclic amines) is 1. The summed E-state index contributed by atoms with van der Waals surface area (Å²) in [6.07, 6.45) is 4.98. The molecule has 1 spiro atoms. The molecule has 0 atom stereocenters. The number of rotatable bonds is 3. The lowest BCUT2D eigenvalue weighted by molar-refractivity contribution is -0.143. The molecular weight excluding hydrogens is 332 g/mol. The van der Waals surface area contributed by atoms with Gasteiger partial charge in [0.25, 0.3) is 0 Å². The first kappa shape index (κ1) is 16.5. The molecule has 2 amide bonds. The number of imide groups is 1. The van der Waals surface area contributed by atoms with Crippen molar-refractivity contribution in [2.75, 3.05) is 0 Å². The third-order valence-electron chi connectivity index (χ3n) is 5.32. The minimum absolute atomic E-state index is 0.0166. The summed E-state index contributed by atoms with van der Waals surface area (Å²) in [5.41, 5.74) is 0.718. The summed E-state index contributed by atoms with van der Waals surface area (Å²) in [4.78, 5) is 26.5. The Morgan fingerprint density at radius 2 is 1.85 bits per heavy atom. The van der Waals surface area contributed by atoms with Gasteiger partial charge in [-0.2, -0.15) is 5.26 Å². The van der Waals surface area contributed by atoms with E-state index in [2.05, 4.69) is 10.2 Å². The van der Waals surface area contributed by atoms with E-state index >= 15 is 0 Å². The monoisotopic (exact) mass is 350 g/mol. The van der Waals surface area contributed by atoms with Crippen molar-refractivity contribution in [2.45, 2.75) is 45.1 Å². The first-order valence-corrected chi connectivity index (χ1v) is 8.79. The minimum Gasteiger partial charge on any atom is -0.419 e. The summed E-state index contributed by atoms with van der Waals surface area (Å²) in [5.74, 6) is 0.283. The molecule has 0 radical (unpaired) electrons. The Kier molecular flexibility index (Phi) is 4.03. The normalized spacial score (nSPS) is 19.1. The van der Waals surface area contributed by atoms with Crippen molar-refractivity contribution in [1.82, 2.24) is 15.1 Å². The summed E-state index contributed by atoms with van der Waals surface area (Å²) in [6.45, 7) is 0.0166. The Balaban J connectivity index is 1.51. The quantitative estimate of drug-likeness (QED) is 0.789. The van der Waals surface area contributed by atoms with Crippen molar-refractivity contribution in [2.24, 2.45) is 5.41 Å². The molecule has 2 aliphatic rings.